The predicted molar refractivity (Wildman–Crippen MR) is 68.0 cm³/mol. The molecule has 0 radical (unpaired) electrons. The number of hydrogen-bond donors (Lipinski definition) is 1. The van der Waals surface area contributed by atoms with Crippen LogP contribution in [0.25, 0.3) is 11.3 Å². The summed E-state index contributed by atoms with van der Waals surface area (Å²) in [7, 11) is 0. The Kier molecular flexibility index (Phi) is 4.45. The van der Waals surface area contributed by atoms with Gasteiger partial charge < -0.3 is 5.73 Å². The van der Waals surface area contributed by atoms with E-state index in [1.807, 2.05) is 51.1 Å². The van der Waals surface area contributed by atoms with Crippen molar-refractivity contribution in [3.63, 3.8) is 0 Å². The number of rotatable bonds is 1. The van der Waals surface area contributed by atoms with E-state index < -0.39 is 0 Å². The third-order valence-electron chi connectivity index (χ3n) is 1.96. The zero-order valence-electron chi connectivity index (χ0n) is 9.94. The van der Waals surface area contributed by atoms with Gasteiger partial charge in [0.05, 0.1) is 5.69 Å². The Morgan fingerprint density at radius 1 is 1.12 bits per heavy atom. The maximum absolute atomic E-state index is 5.69. The first kappa shape index (κ1) is 12.2. The van der Waals surface area contributed by atoms with E-state index in [0.29, 0.717) is 0 Å². The molecule has 3 heteroatoms. The fraction of sp³-hybridized carbons (Fsp3) is 0.231. The van der Waals surface area contributed by atoms with Crippen LogP contribution in [-0.2, 0) is 0 Å². The molecule has 1 aromatic heterocycles. The van der Waals surface area contributed by atoms with Crippen LogP contribution >= 0.6 is 0 Å². The Labute approximate surface area is 96.4 Å². The largest absolute Gasteiger partial charge is 0.399 e. The van der Waals surface area contributed by atoms with Crippen LogP contribution in [0.5, 0.6) is 0 Å². The van der Waals surface area contributed by atoms with E-state index >= 15 is 0 Å². The van der Waals surface area contributed by atoms with E-state index in [4.69, 9.17) is 5.73 Å². The van der Waals surface area contributed by atoms with Crippen molar-refractivity contribution in [1.29, 1.82) is 0 Å². The molecule has 1 heterocycles. The third-order valence-corrected chi connectivity index (χ3v) is 1.96. The van der Waals surface area contributed by atoms with E-state index in [9.17, 15) is 0 Å². The summed E-state index contributed by atoms with van der Waals surface area (Å²) in [6.07, 6.45) is 1.75. The zero-order valence-corrected chi connectivity index (χ0v) is 9.94. The maximum Gasteiger partial charge on any atom is 0.125 e. The first-order valence-corrected chi connectivity index (χ1v) is 5.41. The Balaban J connectivity index is 0.000000606. The third kappa shape index (κ3) is 3.05. The summed E-state index contributed by atoms with van der Waals surface area (Å²) >= 11 is 0. The first-order valence-electron chi connectivity index (χ1n) is 5.41. The van der Waals surface area contributed by atoms with E-state index in [1.54, 1.807) is 6.20 Å². The van der Waals surface area contributed by atoms with Gasteiger partial charge in [-0.1, -0.05) is 26.0 Å². The van der Waals surface area contributed by atoms with Crippen LogP contribution in [0.4, 0.5) is 5.69 Å². The Hall–Kier alpha value is -1.90. The van der Waals surface area contributed by atoms with Crippen LogP contribution in [0.2, 0.25) is 0 Å². The van der Waals surface area contributed by atoms with Crippen LogP contribution < -0.4 is 5.73 Å². The molecular weight excluding hydrogens is 198 g/mol. The molecule has 1 aromatic carbocycles. The standard InChI is InChI=1S/C11H11N3.C2H6/c1-8-13-6-5-11(14-8)9-3-2-4-10(12)7-9;1-2/h2-7H,12H2,1H3;1-2H3. The summed E-state index contributed by atoms with van der Waals surface area (Å²) in [6.45, 7) is 5.87. The lowest BCUT2D eigenvalue weighted by Gasteiger charge is -2.01. The fourth-order valence-corrected chi connectivity index (χ4v) is 1.31. The van der Waals surface area contributed by atoms with E-state index in [-0.39, 0.29) is 0 Å². The molecule has 84 valence electrons. The molecule has 0 atom stereocenters. The van der Waals surface area contributed by atoms with Gasteiger partial charge in [-0.15, -0.1) is 0 Å². The second-order valence-electron chi connectivity index (χ2n) is 3.11. The minimum absolute atomic E-state index is 0.749. The minimum atomic E-state index is 0.749. The molecule has 0 aliphatic rings. The molecular formula is C13H17N3. The molecule has 0 amide bonds. The van der Waals surface area contributed by atoms with Gasteiger partial charge >= 0.3 is 0 Å². The van der Waals surface area contributed by atoms with Gasteiger partial charge in [-0.05, 0) is 25.1 Å². The van der Waals surface area contributed by atoms with Crippen LogP contribution in [0.3, 0.4) is 0 Å². The molecule has 3 nitrogen and oxygen atoms in total. The van der Waals surface area contributed by atoms with Crippen molar-refractivity contribution in [3.8, 4) is 11.3 Å². The number of aromatic nitrogens is 2. The summed E-state index contributed by atoms with van der Waals surface area (Å²) in [5, 5.41) is 0. The minimum Gasteiger partial charge on any atom is -0.399 e. The molecule has 0 aliphatic carbocycles. The molecule has 0 saturated heterocycles. The molecule has 0 bridgehead atoms. The highest BCUT2D eigenvalue weighted by Crippen LogP contribution is 2.18. The van der Waals surface area contributed by atoms with Crippen LogP contribution in [0, 0.1) is 6.92 Å². The molecule has 2 rings (SSSR count). The lowest BCUT2D eigenvalue weighted by molar-refractivity contribution is 1.06. The second-order valence-corrected chi connectivity index (χ2v) is 3.11. The van der Waals surface area contributed by atoms with Crippen molar-refractivity contribution in [1.82, 2.24) is 9.97 Å². The molecule has 0 aliphatic heterocycles. The monoisotopic (exact) mass is 215 g/mol. The molecule has 2 aromatic rings. The van der Waals surface area contributed by atoms with Gasteiger partial charge in [-0.25, -0.2) is 9.97 Å². The lowest BCUT2D eigenvalue weighted by atomic mass is 10.1. The van der Waals surface area contributed by atoms with Crippen molar-refractivity contribution in [3.05, 3.63) is 42.4 Å². The average Bonchev–Trinajstić information content (AvgIpc) is 2.32. The zero-order chi connectivity index (χ0) is 12.0. The number of nitrogens with zero attached hydrogens (tertiary/aromatic N) is 2. The Morgan fingerprint density at radius 3 is 2.50 bits per heavy atom. The maximum atomic E-state index is 5.69. The summed E-state index contributed by atoms with van der Waals surface area (Å²) in [5.74, 6) is 0.768. The van der Waals surface area contributed by atoms with Gasteiger partial charge in [0.25, 0.3) is 0 Å². The Morgan fingerprint density at radius 2 is 1.88 bits per heavy atom. The topological polar surface area (TPSA) is 51.8 Å². The molecule has 0 spiro atoms. The van der Waals surface area contributed by atoms with Gasteiger partial charge in [0, 0.05) is 17.4 Å². The smallest absolute Gasteiger partial charge is 0.125 e. The normalized spacial score (nSPS) is 9.19. The molecule has 2 N–H and O–H groups in total. The average molecular weight is 215 g/mol. The molecule has 0 saturated carbocycles. The number of nitrogen functional groups attached to an aromatic ring is 1. The first-order chi connectivity index (χ1) is 7.75. The number of aryl methyl sites for hydroxylation is 1. The van der Waals surface area contributed by atoms with Crippen LogP contribution in [0.1, 0.15) is 19.7 Å². The number of benzene rings is 1. The summed E-state index contributed by atoms with van der Waals surface area (Å²) in [5.41, 5.74) is 8.37. The predicted octanol–water partition coefficient (Wildman–Crippen LogP) is 3.06. The van der Waals surface area contributed by atoms with E-state index in [1.165, 1.54) is 0 Å². The molecule has 0 fully saturated rings. The number of nitrogens with two attached hydrogens (primary N) is 1. The van der Waals surface area contributed by atoms with Crippen molar-refractivity contribution < 1.29 is 0 Å². The van der Waals surface area contributed by atoms with Gasteiger partial charge in [0.2, 0.25) is 0 Å². The van der Waals surface area contributed by atoms with Gasteiger partial charge in [-0.3, -0.25) is 0 Å². The number of hydrogen-bond acceptors (Lipinski definition) is 3. The van der Waals surface area contributed by atoms with Crippen molar-refractivity contribution in [2.24, 2.45) is 0 Å². The molecule has 16 heavy (non-hydrogen) atoms. The SMILES string of the molecule is CC.Cc1nccc(-c2cccc(N)c2)n1. The highest BCUT2D eigenvalue weighted by Gasteiger charge is 1.99. The van der Waals surface area contributed by atoms with Gasteiger partial charge in [0.15, 0.2) is 0 Å². The highest BCUT2D eigenvalue weighted by atomic mass is 14.9. The van der Waals surface area contributed by atoms with Gasteiger partial charge in [-0.2, -0.15) is 0 Å². The lowest BCUT2D eigenvalue weighted by Crippen LogP contribution is -1.91. The molecule has 0 unspecified atom stereocenters. The van der Waals surface area contributed by atoms with Crippen LogP contribution in [-0.4, -0.2) is 9.97 Å². The fourth-order valence-electron chi connectivity index (χ4n) is 1.31. The quantitative estimate of drug-likeness (QED) is 0.744. The number of anilines is 1. The van der Waals surface area contributed by atoms with Gasteiger partial charge in [0.1, 0.15) is 5.82 Å². The van der Waals surface area contributed by atoms with E-state index in [2.05, 4.69) is 9.97 Å². The summed E-state index contributed by atoms with van der Waals surface area (Å²) in [4.78, 5) is 8.36. The second kappa shape index (κ2) is 5.85. The van der Waals surface area contributed by atoms with Crippen molar-refractivity contribution in [2.75, 3.05) is 5.73 Å². The Bertz CT molecular complexity index is 409. The summed E-state index contributed by atoms with van der Waals surface area (Å²) < 4.78 is 0. The van der Waals surface area contributed by atoms with Crippen LogP contribution in [0.15, 0.2) is 36.5 Å². The summed E-state index contributed by atoms with van der Waals surface area (Å²) in [6, 6.07) is 9.54. The van der Waals surface area contributed by atoms with E-state index in [0.717, 1.165) is 22.8 Å². The van der Waals surface area contributed by atoms with Crippen molar-refractivity contribution in [2.45, 2.75) is 20.8 Å². The van der Waals surface area contributed by atoms with Crippen molar-refractivity contribution >= 4 is 5.69 Å². The highest BCUT2D eigenvalue weighted by molar-refractivity contribution is 5.63.